The average Bonchev–Trinajstić information content (AvgIpc) is 3.35. The summed E-state index contributed by atoms with van der Waals surface area (Å²) < 4.78 is 0. The Labute approximate surface area is 274 Å². The lowest BCUT2D eigenvalue weighted by Crippen LogP contribution is -2.14. The number of rotatable bonds is 2. The lowest BCUT2D eigenvalue weighted by Gasteiger charge is -2.23. The number of hydrogen-bond acceptors (Lipinski definition) is 0. The Morgan fingerprint density at radius 1 is 0.340 bits per heavy atom. The van der Waals surface area contributed by atoms with Crippen LogP contribution in [0.5, 0.6) is 0 Å². The van der Waals surface area contributed by atoms with E-state index in [-0.39, 0.29) is 5.41 Å². The van der Waals surface area contributed by atoms with Crippen LogP contribution in [0.15, 0.2) is 158 Å². The normalized spacial score (nSPS) is 13.5. The quantitative estimate of drug-likeness (QED) is 0.138. The first kappa shape index (κ1) is 26.5. The Kier molecular flexibility index (Phi) is 5.44. The molecule has 0 fully saturated rings. The molecule has 0 atom stereocenters. The Morgan fingerprint density at radius 3 is 1.70 bits per heavy atom. The van der Waals surface area contributed by atoms with Crippen LogP contribution in [-0.4, -0.2) is 0 Å². The number of benzene rings is 9. The number of fused-ring (bicyclic) bond motifs is 10. The highest BCUT2D eigenvalue weighted by molar-refractivity contribution is 6.28. The molecule has 0 radical (unpaired) electrons. The summed E-state index contributed by atoms with van der Waals surface area (Å²) in [6, 6.07) is 59.0. The number of hydrogen-bond donors (Lipinski definition) is 0. The molecule has 9 aromatic carbocycles. The Balaban J connectivity index is 1.32. The average molecular weight is 597 g/mol. The molecule has 1 aliphatic rings. The van der Waals surface area contributed by atoms with Crippen molar-refractivity contribution in [3.8, 4) is 33.4 Å². The largest absolute Gasteiger partial charge is 0.0619 e. The summed E-state index contributed by atoms with van der Waals surface area (Å²) in [4.78, 5) is 0. The summed E-state index contributed by atoms with van der Waals surface area (Å²) in [5, 5.41) is 12.9. The van der Waals surface area contributed by atoms with E-state index in [1.165, 1.54) is 98.4 Å². The van der Waals surface area contributed by atoms with E-state index in [0.717, 1.165) is 0 Å². The van der Waals surface area contributed by atoms with E-state index < -0.39 is 0 Å². The summed E-state index contributed by atoms with van der Waals surface area (Å²) in [6.07, 6.45) is 0. The standard InChI is InChI=1S/C47H32/c1-47(2)42-18-10-9-15-37(42)38-25-23-33(28-43(38)47)45-40-17-8-7-16-39(40)44(41-26-21-30-12-4-6-14-36(30)46(41)45)32-22-24-35-31(27-32)20-19-29-11-3-5-13-34(29)35/h3-28H,1-2H3. The summed E-state index contributed by atoms with van der Waals surface area (Å²) in [5.41, 5.74) is 10.6. The van der Waals surface area contributed by atoms with E-state index in [2.05, 4.69) is 172 Å². The van der Waals surface area contributed by atoms with Crippen molar-refractivity contribution in [3.05, 3.63) is 169 Å². The van der Waals surface area contributed by atoms with Crippen LogP contribution < -0.4 is 0 Å². The fraction of sp³-hybridized carbons (Fsp3) is 0.0638. The minimum absolute atomic E-state index is 0.0647. The summed E-state index contributed by atoms with van der Waals surface area (Å²) >= 11 is 0. The molecule has 0 saturated carbocycles. The van der Waals surface area contributed by atoms with Gasteiger partial charge in [-0.1, -0.05) is 159 Å². The van der Waals surface area contributed by atoms with E-state index in [1.807, 2.05) is 0 Å². The summed E-state index contributed by atoms with van der Waals surface area (Å²) in [5.74, 6) is 0. The van der Waals surface area contributed by atoms with Gasteiger partial charge in [-0.3, -0.25) is 0 Å². The van der Waals surface area contributed by atoms with Gasteiger partial charge in [-0.15, -0.1) is 0 Å². The molecule has 10 rings (SSSR count). The molecule has 0 amide bonds. The second-order valence-corrected chi connectivity index (χ2v) is 13.7. The highest BCUT2D eigenvalue weighted by Crippen LogP contribution is 2.52. The van der Waals surface area contributed by atoms with Crippen molar-refractivity contribution >= 4 is 53.9 Å². The maximum Gasteiger partial charge on any atom is 0.0159 e. The van der Waals surface area contributed by atoms with Crippen molar-refractivity contribution in [2.75, 3.05) is 0 Å². The van der Waals surface area contributed by atoms with E-state index in [0.29, 0.717) is 0 Å². The van der Waals surface area contributed by atoms with Crippen molar-refractivity contribution in [2.45, 2.75) is 19.3 Å². The Morgan fingerprint density at radius 2 is 0.872 bits per heavy atom. The second kappa shape index (κ2) is 9.64. The van der Waals surface area contributed by atoms with Crippen molar-refractivity contribution in [2.24, 2.45) is 0 Å². The smallest absolute Gasteiger partial charge is 0.0159 e. The van der Waals surface area contributed by atoms with Crippen molar-refractivity contribution in [3.63, 3.8) is 0 Å². The van der Waals surface area contributed by atoms with Crippen LogP contribution in [0.1, 0.15) is 25.0 Å². The van der Waals surface area contributed by atoms with Crippen LogP contribution in [0.4, 0.5) is 0 Å². The van der Waals surface area contributed by atoms with Crippen LogP contribution in [0.25, 0.3) is 87.2 Å². The topological polar surface area (TPSA) is 0 Å². The molecular formula is C47H32. The first-order valence-corrected chi connectivity index (χ1v) is 16.6. The maximum atomic E-state index is 2.49. The minimum atomic E-state index is -0.0647. The third kappa shape index (κ3) is 3.70. The molecule has 0 aromatic heterocycles. The maximum absolute atomic E-state index is 2.49. The molecule has 1 aliphatic carbocycles. The van der Waals surface area contributed by atoms with Crippen molar-refractivity contribution in [1.29, 1.82) is 0 Å². The molecule has 220 valence electrons. The van der Waals surface area contributed by atoms with E-state index >= 15 is 0 Å². The third-order valence-electron chi connectivity index (χ3n) is 10.8. The Bertz CT molecular complexity index is 2760. The van der Waals surface area contributed by atoms with Crippen LogP contribution in [-0.2, 0) is 5.41 Å². The monoisotopic (exact) mass is 596 g/mol. The fourth-order valence-corrected chi connectivity index (χ4v) is 8.59. The van der Waals surface area contributed by atoms with E-state index in [1.54, 1.807) is 0 Å². The van der Waals surface area contributed by atoms with Gasteiger partial charge in [0.05, 0.1) is 0 Å². The lowest BCUT2D eigenvalue weighted by molar-refractivity contribution is 0.660. The van der Waals surface area contributed by atoms with Gasteiger partial charge in [-0.2, -0.15) is 0 Å². The molecule has 0 heterocycles. The van der Waals surface area contributed by atoms with Gasteiger partial charge < -0.3 is 0 Å². The van der Waals surface area contributed by atoms with Gasteiger partial charge in [0, 0.05) is 5.41 Å². The SMILES string of the molecule is CC1(C)c2ccccc2-c2ccc(-c3c4ccccc4c(-c4ccc5c(ccc6ccccc65)c4)c4ccc5ccccc5c34)cc21. The Hall–Kier alpha value is -5.72. The third-order valence-corrected chi connectivity index (χ3v) is 10.8. The molecule has 9 aromatic rings. The van der Waals surface area contributed by atoms with Crippen LogP contribution in [0.2, 0.25) is 0 Å². The van der Waals surface area contributed by atoms with Gasteiger partial charge >= 0.3 is 0 Å². The molecule has 0 aliphatic heterocycles. The molecule has 47 heavy (non-hydrogen) atoms. The molecule has 0 N–H and O–H groups in total. The highest BCUT2D eigenvalue weighted by Gasteiger charge is 2.35. The van der Waals surface area contributed by atoms with Gasteiger partial charge in [0.2, 0.25) is 0 Å². The van der Waals surface area contributed by atoms with Crippen molar-refractivity contribution < 1.29 is 0 Å². The molecule has 0 heteroatoms. The van der Waals surface area contributed by atoms with Gasteiger partial charge in [0.15, 0.2) is 0 Å². The second-order valence-electron chi connectivity index (χ2n) is 13.7. The van der Waals surface area contributed by atoms with Gasteiger partial charge in [-0.25, -0.2) is 0 Å². The fourth-order valence-electron chi connectivity index (χ4n) is 8.59. The van der Waals surface area contributed by atoms with Crippen LogP contribution in [0.3, 0.4) is 0 Å². The highest BCUT2D eigenvalue weighted by atomic mass is 14.4. The zero-order valence-electron chi connectivity index (χ0n) is 26.5. The molecule has 0 spiro atoms. The van der Waals surface area contributed by atoms with Crippen LogP contribution in [0, 0.1) is 0 Å². The lowest BCUT2D eigenvalue weighted by atomic mass is 9.80. The first-order chi connectivity index (χ1) is 23.1. The molecule has 0 saturated heterocycles. The van der Waals surface area contributed by atoms with Gasteiger partial charge in [-0.05, 0) is 111 Å². The zero-order valence-corrected chi connectivity index (χ0v) is 26.5. The minimum Gasteiger partial charge on any atom is -0.0619 e. The van der Waals surface area contributed by atoms with Crippen molar-refractivity contribution in [1.82, 2.24) is 0 Å². The molecule has 0 nitrogen and oxygen atoms in total. The molecule has 0 unspecified atom stereocenters. The predicted octanol–water partition coefficient (Wildman–Crippen LogP) is 13.1. The molecular weight excluding hydrogens is 565 g/mol. The van der Waals surface area contributed by atoms with E-state index in [4.69, 9.17) is 0 Å². The molecule has 0 bridgehead atoms. The summed E-state index contributed by atoms with van der Waals surface area (Å²) in [7, 11) is 0. The first-order valence-electron chi connectivity index (χ1n) is 16.6. The van der Waals surface area contributed by atoms with Gasteiger partial charge in [0.1, 0.15) is 0 Å². The van der Waals surface area contributed by atoms with Crippen LogP contribution >= 0.6 is 0 Å². The predicted molar refractivity (Wildman–Crippen MR) is 202 cm³/mol. The van der Waals surface area contributed by atoms with E-state index in [9.17, 15) is 0 Å². The summed E-state index contributed by atoms with van der Waals surface area (Å²) in [6.45, 7) is 4.75. The van der Waals surface area contributed by atoms with Gasteiger partial charge in [0.25, 0.3) is 0 Å². The zero-order chi connectivity index (χ0) is 31.3.